The highest BCUT2D eigenvalue weighted by Crippen LogP contribution is 2.64. The molecule has 4 rings (SSSR count). The van der Waals surface area contributed by atoms with Crippen LogP contribution in [0.4, 0.5) is 0 Å². The van der Waals surface area contributed by atoms with Crippen molar-refractivity contribution in [1.82, 2.24) is 5.32 Å². The molecule has 0 saturated heterocycles. The van der Waals surface area contributed by atoms with Crippen molar-refractivity contribution < 1.29 is 4.79 Å². The van der Waals surface area contributed by atoms with Gasteiger partial charge in [0.1, 0.15) is 0 Å². The molecule has 1 amide bonds. The molecular formula is C14H22BrNO. The fourth-order valence-corrected chi connectivity index (χ4v) is 6.29. The lowest BCUT2D eigenvalue weighted by molar-refractivity contribution is -0.144. The van der Waals surface area contributed by atoms with Crippen LogP contribution >= 0.6 is 15.9 Å². The fourth-order valence-electron chi connectivity index (χ4n) is 4.84. The van der Waals surface area contributed by atoms with Crippen LogP contribution in [0.2, 0.25) is 0 Å². The zero-order valence-electron chi connectivity index (χ0n) is 10.6. The first kappa shape index (κ1) is 12.0. The Morgan fingerprint density at radius 1 is 1.29 bits per heavy atom. The minimum atomic E-state index is -0.0250. The predicted octanol–water partition coefficient (Wildman–Crippen LogP) is 3.25. The van der Waals surface area contributed by atoms with Crippen molar-refractivity contribution >= 4 is 21.8 Å². The van der Waals surface area contributed by atoms with Gasteiger partial charge in [-0.25, -0.2) is 0 Å². The second kappa shape index (κ2) is 3.97. The molecule has 4 aliphatic carbocycles. The van der Waals surface area contributed by atoms with Crippen molar-refractivity contribution in [2.24, 2.45) is 17.3 Å². The molecule has 4 bridgehead atoms. The molecule has 4 fully saturated rings. The molecule has 0 unspecified atom stereocenters. The largest absolute Gasteiger partial charge is 0.356 e. The molecule has 0 radical (unpaired) electrons. The van der Waals surface area contributed by atoms with E-state index in [4.69, 9.17) is 0 Å². The molecule has 0 aromatic heterocycles. The van der Waals surface area contributed by atoms with E-state index in [-0.39, 0.29) is 5.41 Å². The number of amides is 1. The summed E-state index contributed by atoms with van der Waals surface area (Å²) in [4.78, 5) is 12.5. The second-order valence-electron chi connectivity index (χ2n) is 6.65. The average molecular weight is 300 g/mol. The Morgan fingerprint density at radius 3 is 2.47 bits per heavy atom. The summed E-state index contributed by atoms with van der Waals surface area (Å²) in [5, 5.41) is 3.15. The Labute approximate surface area is 112 Å². The van der Waals surface area contributed by atoms with Gasteiger partial charge < -0.3 is 5.32 Å². The normalized spacial score (nSPS) is 47.2. The number of hydrogen-bond acceptors (Lipinski definition) is 1. The van der Waals surface area contributed by atoms with Crippen LogP contribution in [0, 0.1) is 17.3 Å². The predicted molar refractivity (Wildman–Crippen MR) is 72.1 cm³/mol. The summed E-state index contributed by atoms with van der Waals surface area (Å²) in [5.41, 5.74) is -0.0250. The van der Waals surface area contributed by atoms with Gasteiger partial charge in [0.2, 0.25) is 5.91 Å². The summed E-state index contributed by atoms with van der Waals surface area (Å²) < 4.78 is 0.292. The Bertz CT molecular complexity index is 327. The molecule has 2 nitrogen and oxygen atoms in total. The SMILES string of the molecule is CCCNC(=O)C12C[C@@H]3C[C@H](CC(Br)(C3)C1)C2. The summed E-state index contributed by atoms with van der Waals surface area (Å²) in [7, 11) is 0. The summed E-state index contributed by atoms with van der Waals surface area (Å²) >= 11 is 3.95. The second-order valence-corrected chi connectivity index (χ2v) is 8.33. The molecule has 0 aliphatic heterocycles. The van der Waals surface area contributed by atoms with Crippen LogP contribution in [0.5, 0.6) is 0 Å². The Kier molecular flexibility index (Phi) is 2.81. The number of hydrogen-bond donors (Lipinski definition) is 1. The maximum absolute atomic E-state index is 12.5. The third-order valence-electron chi connectivity index (χ3n) is 5.01. The minimum absolute atomic E-state index is 0.0250. The van der Waals surface area contributed by atoms with E-state index in [2.05, 4.69) is 28.2 Å². The molecule has 96 valence electrons. The van der Waals surface area contributed by atoms with Gasteiger partial charge in [0, 0.05) is 10.9 Å². The molecule has 3 heteroatoms. The summed E-state index contributed by atoms with van der Waals surface area (Å²) in [6.45, 7) is 2.96. The van der Waals surface area contributed by atoms with Gasteiger partial charge in [0.05, 0.1) is 5.41 Å². The van der Waals surface area contributed by atoms with Gasteiger partial charge in [0.25, 0.3) is 0 Å². The van der Waals surface area contributed by atoms with Crippen molar-refractivity contribution in [1.29, 1.82) is 0 Å². The minimum Gasteiger partial charge on any atom is -0.356 e. The third kappa shape index (κ3) is 1.94. The smallest absolute Gasteiger partial charge is 0.226 e. The molecule has 17 heavy (non-hydrogen) atoms. The summed E-state index contributed by atoms with van der Waals surface area (Å²) in [6.07, 6.45) is 8.37. The molecule has 0 aromatic rings. The molecule has 0 heterocycles. The van der Waals surface area contributed by atoms with Crippen LogP contribution in [0.15, 0.2) is 0 Å². The van der Waals surface area contributed by atoms with Gasteiger partial charge in [-0.3, -0.25) is 4.79 Å². The van der Waals surface area contributed by atoms with Gasteiger partial charge in [-0.15, -0.1) is 0 Å². The first-order chi connectivity index (χ1) is 8.05. The summed E-state index contributed by atoms with van der Waals surface area (Å²) in [6, 6.07) is 0. The highest BCUT2D eigenvalue weighted by atomic mass is 79.9. The van der Waals surface area contributed by atoms with Gasteiger partial charge in [-0.05, 0) is 56.8 Å². The number of nitrogens with one attached hydrogen (secondary N) is 1. The van der Waals surface area contributed by atoms with E-state index in [1.165, 1.54) is 19.3 Å². The highest BCUT2D eigenvalue weighted by molar-refractivity contribution is 9.10. The van der Waals surface area contributed by atoms with Crippen LogP contribution in [0.1, 0.15) is 51.9 Å². The van der Waals surface area contributed by atoms with Crippen LogP contribution < -0.4 is 5.32 Å². The van der Waals surface area contributed by atoms with Crippen LogP contribution in [-0.4, -0.2) is 16.8 Å². The number of carbonyl (C=O) groups excluding carboxylic acids is 1. The van der Waals surface area contributed by atoms with Gasteiger partial charge >= 0.3 is 0 Å². The first-order valence-corrected chi connectivity index (χ1v) is 7.82. The molecule has 4 aliphatic rings. The van der Waals surface area contributed by atoms with Crippen LogP contribution in [-0.2, 0) is 4.79 Å². The van der Waals surface area contributed by atoms with Crippen molar-refractivity contribution in [3.05, 3.63) is 0 Å². The van der Waals surface area contributed by atoms with E-state index in [0.29, 0.717) is 10.2 Å². The molecule has 4 saturated carbocycles. The standard InChI is InChI=1S/C14H22BrNO/c1-2-3-16-12(17)13-5-10-4-11(6-13)8-14(15,7-10)9-13/h10-11H,2-9H2,1H3,(H,16,17)/t10-,11-,13?,14?/m0/s1. The maximum Gasteiger partial charge on any atom is 0.226 e. The lowest BCUT2D eigenvalue weighted by atomic mass is 9.49. The van der Waals surface area contributed by atoms with Gasteiger partial charge in [-0.2, -0.15) is 0 Å². The topological polar surface area (TPSA) is 29.1 Å². The van der Waals surface area contributed by atoms with Crippen molar-refractivity contribution in [2.45, 2.75) is 56.2 Å². The van der Waals surface area contributed by atoms with Crippen molar-refractivity contribution in [2.75, 3.05) is 6.54 Å². The third-order valence-corrected chi connectivity index (χ3v) is 5.93. The Morgan fingerprint density at radius 2 is 1.94 bits per heavy atom. The average Bonchev–Trinajstić information content (AvgIpc) is 2.22. The molecule has 2 atom stereocenters. The summed E-state index contributed by atoms with van der Waals surface area (Å²) in [5.74, 6) is 1.93. The highest BCUT2D eigenvalue weighted by Gasteiger charge is 2.59. The van der Waals surface area contributed by atoms with Crippen molar-refractivity contribution in [3.63, 3.8) is 0 Å². The lowest BCUT2D eigenvalue weighted by Gasteiger charge is -2.59. The van der Waals surface area contributed by atoms with Crippen LogP contribution in [0.25, 0.3) is 0 Å². The molecular weight excluding hydrogens is 278 g/mol. The molecule has 0 spiro atoms. The number of rotatable bonds is 3. The van der Waals surface area contributed by atoms with Crippen molar-refractivity contribution in [3.8, 4) is 0 Å². The number of carbonyl (C=O) groups is 1. The van der Waals surface area contributed by atoms with Crippen LogP contribution in [0.3, 0.4) is 0 Å². The van der Waals surface area contributed by atoms with E-state index in [9.17, 15) is 4.79 Å². The number of alkyl halides is 1. The Balaban J connectivity index is 1.81. The van der Waals surface area contributed by atoms with E-state index in [0.717, 1.165) is 44.1 Å². The van der Waals surface area contributed by atoms with E-state index >= 15 is 0 Å². The zero-order valence-corrected chi connectivity index (χ0v) is 12.2. The zero-order chi connectivity index (χ0) is 12.1. The van der Waals surface area contributed by atoms with Gasteiger partial charge in [-0.1, -0.05) is 22.9 Å². The van der Waals surface area contributed by atoms with E-state index < -0.39 is 0 Å². The lowest BCUT2D eigenvalue weighted by Crippen LogP contribution is -2.58. The number of halogens is 1. The quantitative estimate of drug-likeness (QED) is 0.797. The Hall–Kier alpha value is -0.0500. The monoisotopic (exact) mass is 299 g/mol. The molecule has 0 aromatic carbocycles. The van der Waals surface area contributed by atoms with Gasteiger partial charge in [0.15, 0.2) is 0 Å². The molecule has 1 N–H and O–H groups in total. The van der Waals surface area contributed by atoms with E-state index in [1.54, 1.807) is 0 Å². The van der Waals surface area contributed by atoms with E-state index in [1.807, 2.05) is 0 Å². The first-order valence-electron chi connectivity index (χ1n) is 7.02. The maximum atomic E-state index is 12.5. The fraction of sp³-hybridized carbons (Fsp3) is 0.929.